The second-order valence-corrected chi connectivity index (χ2v) is 8.32. The van der Waals surface area contributed by atoms with E-state index in [1.165, 1.54) is 0 Å². The summed E-state index contributed by atoms with van der Waals surface area (Å²) in [6.45, 7) is 5.31. The number of hydrogen-bond acceptors (Lipinski definition) is 3. The Balaban J connectivity index is 1.91. The van der Waals surface area contributed by atoms with Crippen LogP contribution in [-0.2, 0) is 10.3 Å². The number of carbonyl (C=O) groups is 1. The lowest BCUT2D eigenvalue weighted by Gasteiger charge is -2.51. The zero-order valence-corrected chi connectivity index (χ0v) is 15.2. The third-order valence-corrected chi connectivity index (χ3v) is 5.11. The summed E-state index contributed by atoms with van der Waals surface area (Å²) >= 11 is 0. The summed E-state index contributed by atoms with van der Waals surface area (Å²) in [5.74, 6) is -3.50. The molecule has 2 saturated heterocycles. The van der Waals surface area contributed by atoms with Gasteiger partial charge in [0.15, 0.2) is 11.6 Å². The van der Waals surface area contributed by atoms with Gasteiger partial charge in [-0.05, 0) is 46.1 Å². The lowest BCUT2D eigenvalue weighted by atomic mass is 9.72. The van der Waals surface area contributed by atoms with Crippen molar-refractivity contribution >= 4 is 6.09 Å². The first-order valence-corrected chi connectivity index (χ1v) is 8.89. The molecule has 1 aromatic carbocycles. The van der Waals surface area contributed by atoms with Crippen molar-refractivity contribution in [1.29, 1.82) is 0 Å². The summed E-state index contributed by atoms with van der Waals surface area (Å²) in [5, 5.41) is 11.1. The summed E-state index contributed by atoms with van der Waals surface area (Å²) in [7, 11) is 0. The van der Waals surface area contributed by atoms with Crippen molar-refractivity contribution < 1.29 is 27.8 Å². The molecule has 1 aromatic rings. The van der Waals surface area contributed by atoms with Gasteiger partial charge in [-0.1, -0.05) is 0 Å². The number of rotatable bonds is 1. The highest BCUT2D eigenvalue weighted by atomic mass is 19.2. The van der Waals surface area contributed by atoms with E-state index < -0.39 is 34.7 Å². The average molecular weight is 371 g/mol. The maximum absolute atomic E-state index is 14.3. The number of piperidine rings is 2. The third kappa shape index (κ3) is 3.54. The van der Waals surface area contributed by atoms with Gasteiger partial charge < -0.3 is 14.7 Å². The third-order valence-electron chi connectivity index (χ3n) is 5.11. The maximum atomic E-state index is 14.3. The van der Waals surface area contributed by atoms with Crippen molar-refractivity contribution in [3.63, 3.8) is 0 Å². The number of amides is 1. The number of nitrogens with zero attached hydrogens (tertiary/aromatic N) is 1. The topological polar surface area (TPSA) is 49.8 Å². The number of ether oxygens (including phenoxy) is 1. The van der Waals surface area contributed by atoms with Crippen molar-refractivity contribution in [2.45, 2.75) is 76.2 Å². The summed E-state index contributed by atoms with van der Waals surface area (Å²) in [6.07, 6.45) is 1.67. The average Bonchev–Trinajstić information content (AvgIpc) is 2.48. The zero-order valence-electron chi connectivity index (χ0n) is 15.2. The van der Waals surface area contributed by atoms with Gasteiger partial charge in [-0.25, -0.2) is 18.0 Å². The van der Waals surface area contributed by atoms with E-state index in [2.05, 4.69) is 0 Å². The van der Waals surface area contributed by atoms with Crippen LogP contribution in [0.3, 0.4) is 0 Å². The molecular weight excluding hydrogens is 347 g/mol. The van der Waals surface area contributed by atoms with Crippen LogP contribution in [-0.4, -0.2) is 33.8 Å². The summed E-state index contributed by atoms with van der Waals surface area (Å²) < 4.78 is 47.0. The first kappa shape index (κ1) is 19.0. The van der Waals surface area contributed by atoms with Crippen molar-refractivity contribution in [2.24, 2.45) is 0 Å². The molecule has 3 rings (SSSR count). The molecule has 0 radical (unpaired) electrons. The fourth-order valence-electron chi connectivity index (χ4n) is 4.16. The highest BCUT2D eigenvalue weighted by molar-refractivity contribution is 5.69. The van der Waals surface area contributed by atoms with Crippen LogP contribution in [0.2, 0.25) is 0 Å². The Hall–Kier alpha value is -1.76. The van der Waals surface area contributed by atoms with E-state index in [-0.39, 0.29) is 30.5 Å². The predicted octanol–water partition coefficient (Wildman–Crippen LogP) is 4.24. The molecule has 2 fully saturated rings. The van der Waals surface area contributed by atoms with E-state index in [1.807, 2.05) is 0 Å². The van der Waals surface area contributed by atoms with Gasteiger partial charge >= 0.3 is 6.09 Å². The Bertz CT molecular complexity index is 703. The van der Waals surface area contributed by atoms with Gasteiger partial charge in [0, 0.05) is 36.6 Å². The molecule has 144 valence electrons. The van der Waals surface area contributed by atoms with Gasteiger partial charge in [0.05, 0.1) is 5.60 Å². The second kappa shape index (κ2) is 6.44. The van der Waals surface area contributed by atoms with Crippen LogP contribution in [0.5, 0.6) is 0 Å². The standard InChI is InChI=1S/C19H24F3NO3/c1-18(2,3)26-17(24)23-12-5-4-6-13(23)10-19(25,9-12)14-7-11(20)8-15(21)16(14)22/h7-8,12-13,25H,4-6,9-10H2,1-3H3. The summed E-state index contributed by atoms with van der Waals surface area (Å²) in [5.41, 5.74) is -2.76. The van der Waals surface area contributed by atoms with Crippen LogP contribution < -0.4 is 0 Å². The number of hydrogen-bond donors (Lipinski definition) is 1. The monoisotopic (exact) mass is 371 g/mol. The Kier molecular flexibility index (Phi) is 4.71. The van der Waals surface area contributed by atoms with Crippen molar-refractivity contribution in [3.8, 4) is 0 Å². The molecule has 1 N–H and O–H groups in total. The number of aliphatic hydroxyl groups is 1. The van der Waals surface area contributed by atoms with Crippen LogP contribution in [0.4, 0.5) is 18.0 Å². The molecule has 7 heteroatoms. The molecule has 2 aliphatic heterocycles. The van der Waals surface area contributed by atoms with E-state index in [0.29, 0.717) is 18.9 Å². The fourth-order valence-corrected chi connectivity index (χ4v) is 4.16. The van der Waals surface area contributed by atoms with Gasteiger partial charge in [-0.15, -0.1) is 0 Å². The molecule has 2 aliphatic rings. The van der Waals surface area contributed by atoms with Crippen molar-refractivity contribution in [2.75, 3.05) is 0 Å². The van der Waals surface area contributed by atoms with Crippen LogP contribution in [0.1, 0.15) is 58.4 Å². The molecule has 2 unspecified atom stereocenters. The smallest absolute Gasteiger partial charge is 0.410 e. The molecule has 2 atom stereocenters. The molecule has 0 aromatic heterocycles. The zero-order chi connectivity index (χ0) is 19.3. The number of halogens is 3. The lowest BCUT2D eigenvalue weighted by molar-refractivity contribution is -0.0981. The Labute approximate surface area is 150 Å². The molecule has 0 aliphatic carbocycles. The highest BCUT2D eigenvalue weighted by Gasteiger charge is 2.50. The van der Waals surface area contributed by atoms with E-state index in [9.17, 15) is 23.1 Å². The van der Waals surface area contributed by atoms with Gasteiger partial charge in [0.2, 0.25) is 0 Å². The largest absolute Gasteiger partial charge is 0.444 e. The molecular formula is C19H24F3NO3. The highest BCUT2D eigenvalue weighted by Crippen LogP contribution is 2.45. The summed E-state index contributed by atoms with van der Waals surface area (Å²) in [4.78, 5) is 14.2. The van der Waals surface area contributed by atoms with Gasteiger partial charge in [0.25, 0.3) is 0 Å². The number of benzene rings is 1. The first-order chi connectivity index (χ1) is 12.0. The minimum absolute atomic E-state index is 0.0164. The number of carbonyl (C=O) groups excluding carboxylic acids is 1. The summed E-state index contributed by atoms with van der Waals surface area (Å²) in [6, 6.07) is 0.567. The second-order valence-electron chi connectivity index (χ2n) is 8.32. The van der Waals surface area contributed by atoms with Crippen LogP contribution in [0, 0.1) is 17.5 Å². The van der Waals surface area contributed by atoms with E-state index in [4.69, 9.17) is 4.74 Å². The molecule has 0 saturated carbocycles. The Morgan fingerprint density at radius 2 is 1.77 bits per heavy atom. The Morgan fingerprint density at radius 1 is 1.19 bits per heavy atom. The molecule has 1 amide bonds. The SMILES string of the molecule is CC(C)(C)OC(=O)N1C2CCCC1CC(O)(c1cc(F)cc(F)c1F)C2. The van der Waals surface area contributed by atoms with Crippen LogP contribution in [0.15, 0.2) is 12.1 Å². The lowest BCUT2D eigenvalue weighted by Crippen LogP contribution is -2.59. The van der Waals surface area contributed by atoms with Crippen molar-refractivity contribution in [3.05, 3.63) is 35.1 Å². The van der Waals surface area contributed by atoms with Gasteiger partial charge in [-0.2, -0.15) is 0 Å². The normalized spacial score (nSPS) is 28.8. The fraction of sp³-hybridized carbons (Fsp3) is 0.632. The molecule has 26 heavy (non-hydrogen) atoms. The van der Waals surface area contributed by atoms with E-state index in [1.54, 1.807) is 25.7 Å². The minimum Gasteiger partial charge on any atom is -0.444 e. The maximum Gasteiger partial charge on any atom is 0.410 e. The number of fused-ring (bicyclic) bond motifs is 2. The van der Waals surface area contributed by atoms with Gasteiger partial charge in [0.1, 0.15) is 11.4 Å². The molecule has 2 bridgehead atoms. The van der Waals surface area contributed by atoms with Crippen LogP contribution in [0.25, 0.3) is 0 Å². The van der Waals surface area contributed by atoms with E-state index in [0.717, 1.165) is 12.5 Å². The quantitative estimate of drug-likeness (QED) is 0.751. The Morgan fingerprint density at radius 3 is 2.31 bits per heavy atom. The van der Waals surface area contributed by atoms with E-state index >= 15 is 0 Å². The molecule has 4 nitrogen and oxygen atoms in total. The molecule has 0 spiro atoms. The molecule has 2 heterocycles. The minimum atomic E-state index is -1.72. The first-order valence-electron chi connectivity index (χ1n) is 8.89. The van der Waals surface area contributed by atoms with Gasteiger partial charge in [-0.3, -0.25) is 0 Å². The van der Waals surface area contributed by atoms with Crippen LogP contribution >= 0.6 is 0 Å². The predicted molar refractivity (Wildman–Crippen MR) is 88.9 cm³/mol. The van der Waals surface area contributed by atoms with Crippen molar-refractivity contribution in [1.82, 2.24) is 4.90 Å².